The minimum Gasteiger partial charge on any atom is -0.406 e. The molecule has 1 aliphatic rings. The quantitative estimate of drug-likeness (QED) is 0.214. The summed E-state index contributed by atoms with van der Waals surface area (Å²) in [5.74, 6) is 1.34. The third-order valence-electron chi connectivity index (χ3n) is 7.25. The van der Waals surface area contributed by atoms with E-state index in [1.165, 1.54) is 46.4 Å². The van der Waals surface area contributed by atoms with Gasteiger partial charge in [0.25, 0.3) is 0 Å². The monoisotopic (exact) mass is 622 g/mol. The van der Waals surface area contributed by atoms with Gasteiger partial charge >= 0.3 is 12.4 Å². The number of urea groups is 1. The molecule has 1 atom stereocenters. The summed E-state index contributed by atoms with van der Waals surface area (Å²) in [4.78, 5) is 24.0. The number of aromatic nitrogens is 3. The number of anilines is 1. The van der Waals surface area contributed by atoms with Gasteiger partial charge in [0.05, 0.1) is 11.7 Å². The summed E-state index contributed by atoms with van der Waals surface area (Å²) < 4.78 is 42.7. The van der Waals surface area contributed by atoms with Crippen LogP contribution in [0, 0.1) is 6.92 Å². The summed E-state index contributed by atoms with van der Waals surface area (Å²) in [7, 11) is 0. The Morgan fingerprint density at radius 1 is 1.09 bits per heavy atom. The van der Waals surface area contributed by atoms with Gasteiger partial charge in [-0.1, -0.05) is 68.9 Å². The first-order valence-electron chi connectivity index (χ1n) is 14.3. The number of amidine groups is 1. The summed E-state index contributed by atoms with van der Waals surface area (Å²) in [6, 6.07) is 18.6. The van der Waals surface area contributed by atoms with E-state index in [1.807, 2.05) is 37.3 Å². The molecule has 2 amide bonds. The van der Waals surface area contributed by atoms with E-state index >= 15 is 0 Å². The van der Waals surface area contributed by atoms with Gasteiger partial charge in [0.2, 0.25) is 0 Å². The lowest BCUT2D eigenvalue weighted by Gasteiger charge is -2.25. The van der Waals surface area contributed by atoms with Gasteiger partial charge in [-0.2, -0.15) is 4.99 Å². The van der Waals surface area contributed by atoms with E-state index in [0.29, 0.717) is 29.0 Å². The zero-order valence-corrected chi connectivity index (χ0v) is 25.6. The number of ether oxygens (including phenoxy) is 1. The lowest BCUT2D eigenvalue weighted by molar-refractivity contribution is -0.274. The van der Waals surface area contributed by atoms with E-state index < -0.39 is 6.36 Å². The number of benzene rings is 3. The minimum absolute atomic E-state index is 0.242. The van der Waals surface area contributed by atoms with Crippen LogP contribution in [0.15, 0.2) is 78.0 Å². The van der Waals surface area contributed by atoms with Crippen molar-refractivity contribution in [2.24, 2.45) is 4.99 Å². The van der Waals surface area contributed by atoms with Gasteiger partial charge in [-0.25, -0.2) is 14.5 Å². The number of thioether (sulfide) groups is 1. The topological polar surface area (TPSA) is 84.6 Å². The zero-order valence-electron chi connectivity index (χ0n) is 24.8. The predicted molar refractivity (Wildman–Crippen MR) is 168 cm³/mol. The number of amides is 2. The molecular formula is C32H33F3N6O2S. The maximum absolute atomic E-state index is 13.1. The van der Waals surface area contributed by atoms with Crippen LogP contribution in [0.2, 0.25) is 0 Å². The fourth-order valence-corrected chi connectivity index (χ4v) is 6.19. The van der Waals surface area contributed by atoms with E-state index in [4.69, 9.17) is 0 Å². The fraction of sp³-hybridized carbons (Fsp3) is 0.312. The first-order chi connectivity index (χ1) is 21.0. The molecule has 44 heavy (non-hydrogen) atoms. The molecule has 0 aliphatic carbocycles. The van der Waals surface area contributed by atoms with Crippen molar-refractivity contribution in [1.82, 2.24) is 20.1 Å². The van der Waals surface area contributed by atoms with Crippen molar-refractivity contribution in [3.63, 3.8) is 0 Å². The highest BCUT2D eigenvalue weighted by Gasteiger charge is 2.31. The second-order valence-corrected chi connectivity index (χ2v) is 11.7. The number of nitrogens with one attached hydrogen (secondary N) is 1. The molecule has 4 aromatic rings. The highest BCUT2D eigenvalue weighted by molar-refractivity contribution is 8.14. The van der Waals surface area contributed by atoms with Crippen molar-refractivity contribution < 1.29 is 22.7 Å². The van der Waals surface area contributed by atoms with E-state index in [1.54, 1.807) is 11.8 Å². The van der Waals surface area contributed by atoms with Gasteiger partial charge in [0, 0.05) is 23.5 Å². The van der Waals surface area contributed by atoms with Crippen LogP contribution < -0.4 is 15.0 Å². The summed E-state index contributed by atoms with van der Waals surface area (Å²) in [5, 5.41) is 8.21. The van der Waals surface area contributed by atoms with Gasteiger partial charge in [-0.05, 0) is 66.3 Å². The van der Waals surface area contributed by atoms with Crippen LogP contribution >= 0.6 is 11.8 Å². The van der Waals surface area contributed by atoms with Crippen LogP contribution in [-0.4, -0.2) is 44.6 Å². The second-order valence-electron chi connectivity index (χ2n) is 10.6. The molecule has 8 nitrogen and oxygen atoms in total. The normalized spacial score (nSPS) is 15.2. The molecule has 1 fully saturated rings. The summed E-state index contributed by atoms with van der Waals surface area (Å²) in [5.41, 5.74) is 5.80. The van der Waals surface area contributed by atoms with Crippen molar-refractivity contribution in [3.8, 4) is 22.8 Å². The summed E-state index contributed by atoms with van der Waals surface area (Å²) in [6.45, 7) is 9.26. The molecule has 3 aromatic carbocycles. The van der Waals surface area contributed by atoms with Crippen molar-refractivity contribution in [2.75, 3.05) is 17.2 Å². The summed E-state index contributed by atoms with van der Waals surface area (Å²) in [6.07, 6.45) is -2.59. The Bertz CT molecular complexity index is 1640. The van der Waals surface area contributed by atoms with Crippen molar-refractivity contribution >= 4 is 28.6 Å². The number of carbonyl (C=O) groups excluding carboxylic acids is 1. The molecule has 12 heteroatoms. The molecular weight excluding hydrogens is 589 g/mol. The van der Waals surface area contributed by atoms with Crippen molar-refractivity contribution in [1.29, 1.82) is 0 Å². The highest BCUT2D eigenvalue weighted by atomic mass is 32.2. The molecule has 230 valence electrons. The second kappa shape index (κ2) is 13.1. The van der Waals surface area contributed by atoms with Crippen molar-refractivity contribution in [3.05, 3.63) is 89.7 Å². The number of hydrogen-bond acceptors (Lipinski definition) is 5. The molecule has 1 aliphatic heterocycles. The number of carbonyl (C=O) groups is 1. The van der Waals surface area contributed by atoms with Crippen LogP contribution in [0.3, 0.4) is 0 Å². The number of rotatable bonds is 8. The predicted octanol–water partition coefficient (Wildman–Crippen LogP) is 8.03. The molecule has 2 heterocycles. The molecule has 5 rings (SSSR count). The average molecular weight is 623 g/mol. The van der Waals surface area contributed by atoms with Gasteiger partial charge < -0.3 is 15.0 Å². The summed E-state index contributed by atoms with van der Waals surface area (Å²) >= 11 is 1.58. The molecule has 1 saturated heterocycles. The smallest absolute Gasteiger partial charge is 0.406 e. The van der Waals surface area contributed by atoms with Gasteiger partial charge in [0.15, 0.2) is 11.0 Å². The number of halogens is 3. The SMILES string of the molecule is CCC(NC(=O)/N=C1\SCCN1c1cccc(C)c1C(C)C)c1ccc(-c2ncn(-c3ccc(OC(F)(F)F)cc3)n2)cc1. The van der Waals surface area contributed by atoms with Gasteiger partial charge in [0.1, 0.15) is 12.1 Å². The van der Waals surface area contributed by atoms with Crippen LogP contribution in [0.1, 0.15) is 55.8 Å². The molecule has 0 radical (unpaired) electrons. The molecule has 1 N–H and O–H groups in total. The van der Waals surface area contributed by atoms with Gasteiger partial charge in [-0.15, -0.1) is 18.3 Å². The number of hydrogen-bond donors (Lipinski definition) is 1. The molecule has 0 bridgehead atoms. The number of alkyl halides is 3. The first-order valence-corrected chi connectivity index (χ1v) is 15.3. The molecule has 1 unspecified atom stereocenters. The highest BCUT2D eigenvalue weighted by Crippen LogP contribution is 2.35. The van der Waals surface area contributed by atoms with Crippen LogP contribution in [-0.2, 0) is 0 Å². The van der Waals surface area contributed by atoms with E-state index in [0.717, 1.165) is 29.1 Å². The maximum atomic E-state index is 13.1. The molecule has 0 spiro atoms. The van der Waals surface area contributed by atoms with Crippen LogP contribution in [0.25, 0.3) is 17.1 Å². The maximum Gasteiger partial charge on any atom is 0.573 e. The minimum atomic E-state index is -4.75. The van der Waals surface area contributed by atoms with E-state index in [-0.39, 0.29) is 17.8 Å². The standard InChI is InChI=1S/C32H33F3N6O2S/c1-5-26(37-30(42)38-31-40(17-18-44-31)27-8-6-7-21(4)28(27)20(2)3)22-9-11-23(12-10-22)29-36-19-41(39-29)24-13-15-25(16-14-24)43-32(33,34)35/h6-16,19-20,26H,5,17-18H2,1-4H3,(H,37,42)/b38-31-. The number of aryl methyl sites for hydroxylation is 1. The Morgan fingerprint density at radius 3 is 2.48 bits per heavy atom. The largest absolute Gasteiger partial charge is 0.573 e. The number of aliphatic imine (C=N–C) groups is 1. The fourth-order valence-electron chi connectivity index (χ4n) is 5.24. The van der Waals surface area contributed by atoms with Crippen LogP contribution in [0.4, 0.5) is 23.7 Å². The third-order valence-corrected chi connectivity index (χ3v) is 8.20. The lowest BCUT2D eigenvalue weighted by atomic mass is 9.95. The van der Waals surface area contributed by atoms with Crippen molar-refractivity contribution in [2.45, 2.75) is 52.4 Å². The molecule has 1 aromatic heterocycles. The Kier molecular flexibility index (Phi) is 9.28. The van der Waals surface area contributed by atoms with E-state index in [9.17, 15) is 18.0 Å². The third kappa shape index (κ3) is 7.24. The lowest BCUT2D eigenvalue weighted by Crippen LogP contribution is -2.30. The molecule has 0 saturated carbocycles. The Labute approximate surface area is 258 Å². The van der Waals surface area contributed by atoms with E-state index in [2.05, 4.69) is 62.9 Å². The average Bonchev–Trinajstić information content (AvgIpc) is 3.66. The Morgan fingerprint density at radius 2 is 1.82 bits per heavy atom. The number of nitrogens with zero attached hydrogens (tertiary/aromatic N) is 5. The Balaban J connectivity index is 1.26. The first kappa shape index (κ1) is 31.1. The van der Waals surface area contributed by atoms with Crippen LogP contribution in [0.5, 0.6) is 5.75 Å². The zero-order chi connectivity index (χ0) is 31.4. The Hall–Kier alpha value is -4.32. The van der Waals surface area contributed by atoms with Gasteiger partial charge in [-0.3, -0.25) is 0 Å².